The van der Waals surface area contributed by atoms with Crippen molar-refractivity contribution in [1.82, 2.24) is 9.97 Å². The van der Waals surface area contributed by atoms with Crippen LogP contribution >= 0.6 is 0 Å². The maximum Gasteiger partial charge on any atom is 4.00 e. The number of fused-ring (bicyclic) bond motifs is 2. The molecule has 6 aromatic rings. The zero-order valence-electron chi connectivity index (χ0n) is 30.7. The number of benzene rings is 4. The summed E-state index contributed by atoms with van der Waals surface area (Å²) in [7, 11) is 0. The summed E-state index contributed by atoms with van der Waals surface area (Å²) in [5, 5.41) is 0. The molecule has 0 amide bonds. The summed E-state index contributed by atoms with van der Waals surface area (Å²) in [5.74, 6) is 1.49. The largest absolute Gasteiger partial charge is 4.00 e. The summed E-state index contributed by atoms with van der Waals surface area (Å²) >= 11 is 0. The van der Waals surface area contributed by atoms with E-state index >= 15 is 0 Å². The monoisotopic (exact) mass is 808 g/mol. The molecule has 2 heterocycles. The van der Waals surface area contributed by atoms with Gasteiger partial charge >= 0.3 is 26.2 Å². The second kappa shape index (κ2) is 19.4. The Morgan fingerprint density at radius 3 is 1.25 bits per heavy atom. The van der Waals surface area contributed by atoms with Crippen molar-refractivity contribution in [3.8, 4) is 22.3 Å². The standard InChI is InChI=1S/2C24H22N.2ClH.Zr/c2*1-3-17(2)18-10-12-19(13-11-18)20-7-6-8-21-22(20)14-15-23(21)24-9-4-5-16-25-24;;;/h2*4-14,16-17,23H,3H2,1-2H3;2*1H;/q2*-1;;;+4/p-2. The zero-order chi connectivity index (χ0) is 34.5. The first-order valence-electron chi connectivity index (χ1n) is 18.0. The molecule has 2 aliphatic rings. The number of halogens is 2. The summed E-state index contributed by atoms with van der Waals surface area (Å²) in [6.45, 7) is 9.04. The zero-order valence-corrected chi connectivity index (χ0v) is 34.7. The Bertz CT molecular complexity index is 1960. The van der Waals surface area contributed by atoms with Crippen LogP contribution in [0.4, 0.5) is 0 Å². The molecule has 0 N–H and O–H groups in total. The van der Waals surface area contributed by atoms with Crippen LogP contribution in [-0.4, -0.2) is 9.97 Å². The summed E-state index contributed by atoms with van der Waals surface area (Å²) in [6.07, 6.45) is 17.3. The number of rotatable bonds is 8. The molecule has 4 atom stereocenters. The molecule has 2 nitrogen and oxygen atoms in total. The smallest absolute Gasteiger partial charge is 1.00 e. The van der Waals surface area contributed by atoms with Gasteiger partial charge in [-0.2, -0.15) is 11.1 Å². The Labute approximate surface area is 347 Å². The van der Waals surface area contributed by atoms with Gasteiger partial charge in [-0.15, -0.1) is 11.1 Å². The van der Waals surface area contributed by atoms with Crippen LogP contribution in [0.5, 0.6) is 0 Å². The third kappa shape index (κ3) is 9.09. The van der Waals surface area contributed by atoms with Gasteiger partial charge in [0.15, 0.2) is 0 Å². The molecule has 0 saturated carbocycles. The van der Waals surface area contributed by atoms with Gasteiger partial charge in [0.25, 0.3) is 0 Å². The van der Waals surface area contributed by atoms with E-state index in [2.05, 4.69) is 159 Å². The average Bonchev–Trinajstić information content (AvgIpc) is 3.84. The number of allylic oxidation sites excluding steroid dienone is 2. The molecule has 0 saturated heterocycles. The molecule has 53 heavy (non-hydrogen) atoms. The number of hydrogen-bond acceptors (Lipinski definition) is 2. The van der Waals surface area contributed by atoms with Crippen molar-refractivity contribution in [3.63, 3.8) is 0 Å². The summed E-state index contributed by atoms with van der Waals surface area (Å²) < 4.78 is 0. The molecule has 2 aliphatic carbocycles. The van der Waals surface area contributed by atoms with Crippen LogP contribution in [0.2, 0.25) is 0 Å². The van der Waals surface area contributed by atoms with Crippen LogP contribution in [0, 0.1) is 12.2 Å². The summed E-state index contributed by atoms with van der Waals surface area (Å²) in [6, 6.07) is 43.3. The summed E-state index contributed by atoms with van der Waals surface area (Å²) in [4.78, 5) is 9.04. The van der Waals surface area contributed by atoms with Crippen molar-refractivity contribution in [3.05, 3.63) is 191 Å². The van der Waals surface area contributed by atoms with E-state index in [4.69, 9.17) is 0 Å². The third-order valence-electron chi connectivity index (χ3n) is 10.5. The van der Waals surface area contributed by atoms with Crippen molar-refractivity contribution >= 4 is 12.2 Å². The van der Waals surface area contributed by atoms with Gasteiger partial charge in [0.1, 0.15) is 0 Å². The second-order valence-electron chi connectivity index (χ2n) is 13.5. The fourth-order valence-electron chi connectivity index (χ4n) is 7.04. The molecule has 0 bridgehead atoms. The van der Waals surface area contributed by atoms with Crippen molar-refractivity contribution in [2.24, 2.45) is 0 Å². The molecule has 4 unspecified atom stereocenters. The van der Waals surface area contributed by atoms with E-state index in [-0.39, 0.29) is 62.9 Å². The molecule has 0 radical (unpaired) electrons. The minimum Gasteiger partial charge on any atom is -1.00 e. The molecular weight excluding hydrogens is 767 g/mol. The van der Waals surface area contributed by atoms with E-state index in [0.29, 0.717) is 11.8 Å². The van der Waals surface area contributed by atoms with Crippen molar-refractivity contribution in [2.75, 3.05) is 0 Å². The number of aromatic nitrogens is 2. The first-order chi connectivity index (χ1) is 24.6. The number of pyridine rings is 2. The Morgan fingerprint density at radius 2 is 0.906 bits per heavy atom. The van der Waals surface area contributed by atoms with Gasteiger partial charge in [-0.05, 0) is 83.0 Å². The van der Waals surface area contributed by atoms with E-state index in [9.17, 15) is 0 Å². The minimum absolute atomic E-state index is 0. The normalized spacial score (nSPS) is 15.7. The molecule has 0 fully saturated rings. The second-order valence-corrected chi connectivity index (χ2v) is 13.5. The van der Waals surface area contributed by atoms with Gasteiger partial charge in [0.05, 0.1) is 0 Å². The fraction of sp³-hybridized carbons (Fsp3) is 0.208. The maximum absolute atomic E-state index is 4.52. The predicted molar refractivity (Wildman–Crippen MR) is 209 cm³/mol. The number of nitrogens with zero attached hydrogens (tertiary/aromatic N) is 2. The quantitative estimate of drug-likeness (QED) is 0.165. The molecule has 264 valence electrons. The molecule has 4 aromatic carbocycles. The fourth-order valence-corrected chi connectivity index (χ4v) is 7.04. The van der Waals surface area contributed by atoms with E-state index in [1.807, 2.05) is 36.7 Å². The van der Waals surface area contributed by atoms with Gasteiger partial charge in [0.2, 0.25) is 0 Å². The Kier molecular flexibility index (Phi) is 15.4. The molecule has 5 heteroatoms. The molecule has 0 spiro atoms. The van der Waals surface area contributed by atoms with E-state index < -0.39 is 0 Å². The van der Waals surface area contributed by atoms with Gasteiger partial charge < -0.3 is 24.8 Å². The van der Waals surface area contributed by atoms with Crippen LogP contribution in [0.15, 0.2) is 134 Å². The summed E-state index contributed by atoms with van der Waals surface area (Å²) in [5.41, 5.74) is 15.2. The topological polar surface area (TPSA) is 25.8 Å². The van der Waals surface area contributed by atoms with Gasteiger partial charge in [-0.1, -0.05) is 136 Å². The molecule has 0 aliphatic heterocycles. The van der Waals surface area contributed by atoms with Gasteiger partial charge in [-0.3, -0.25) is 22.1 Å². The van der Waals surface area contributed by atoms with Crippen LogP contribution in [0.25, 0.3) is 34.4 Å². The van der Waals surface area contributed by atoms with Crippen LogP contribution < -0.4 is 24.8 Å². The van der Waals surface area contributed by atoms with Crippen molar-refractivity contribution in [2.45, 2.75) is 64.2 Å². The van der Waals surface area contributed by atoms with E-state index in [1.165, 1.54) is 68.5 Å². The van der Waals surface area contributed by atoms with Gasteiger partial charge in [-0.25, -0.2) is 12.2 Å². The minimum atomic E-state index is 0. The van der Waals surface area contributed by atoms with Crippen molar-refractivity contribution < 1.29 is 51.0 Å². The molecule has 2 aromatic heterocycles. The average molecular weight is 811 g/mol. The SMILES string of the molecule is CCC(C)c1ccc(-c2cccc3c2C=[C-]C3c2ccccn2)cc1.CCC(C)c1ccc(-c2cccc3c2C=[C-]C3c2ccccn2)cc1.[Cl-].[Cl-].[Zr+4]. The first kappa shape index (κ1) is 41.9. The number of hydrogen-bond donors (Lipinski definition) is 0. The van der Waals surface area contributed by atoms with Crippen LogP contribution in [-0.2, 0) is 26.2 Å². The molecular formula is C48H44Cl2N2Zr. The predicted octanol–water partition coefficient (Wildman–Crippen LogP) is 6.45. The Balaban J connectivity index is 0.000000224. The van der Waals surface area contributed by atoms with Crippen LogP contribution in [0.1, 0.15) is 109 Å². The third-order valence-corrected chi connectivity index (χ3v) is 10.5. The van der Waals surface area contributed by atoms with E-state index in [0.717, 1.165) is 11.4 Å². The molecule has 8 rings (SSSR count). The Morgan fingerprint density at radius 1 is 0.509 bits per heavy atom. The van der Waals surface area contributed by atoms with Crippen LogP contribution in [0.3, 0.4) is 0 Å². The Hall–Kier alpha value is -3.88. The maximum atomic E-state index is 4.52. The first-order valence-corrected chi connectivity index (χ1v) is 18.0. The van der Waals surface area contributed by atoms with E-state index in [1.54, 1.807) is 0 Å². The van der Waals surface area contributed by atoms with Crippen molar-refractivity contribution in [1.29, 1.82) is 0 Å². The van der Waals surface area contributed by atoms with Gasteiger partial charge in [0, 0.05) is 23.8 Å².